The minimum Gasteiger partial charge on any atom is -0.335 e. The number of ether oxygens (including phenoxy) is 2. The Labute approximate surface area is 64.3 Å². The van der Waals surface area contributed by atoms with Crippen molar-refractivity contribution in [3.05, 3.63) is 0 Å². The molecule has 1 saturated heterocycles. The highest BCUT2D eigenvalue weighted by Crippen LogP contribution is 2.27. The fraction of sp³-hybridized carbons (Fsp3) is 0.833. The average Bonchev–Trinajstić information content (AvgIpc) is 2.12. The van der Waals surface area contributed by atoms with E-state index in [0.29, 0.717) is 13.2 Å². The van der Waals surface area contributed by atoms with Crippen LogP contribution in [0.25, 0.3) is 0 Å². The molecule has 0 spiro atoms. The molecule has 10 heavy (non-hydrogen) atoms. The third-order valence-corrected chi connectivity index (χ3v) is 1.53. The number of carbonyl (C=O) groups is 1. The van der Waals surface area contributed by atoms with Crippen molar-refractivity contribution >= 4 is 17.4 Å². The van der Waals surface area contributed by atoms with Gasteiger partial charge >= 0.3 is 0 Å². The van der Waals surface area contributed by atoms with Crippen molar-refractivity contribution in [3.8, 4) is 0 Å². The normalized spacial score (nSPS) is 23.0. The van der Waals surface area contributed by atoms with Gasteiger partial charge in [-0.3, -0.25) is 4.79 Å². The van der Waals surface area contributed by atoms with Gasteiger partial charge in [-0.1, -0.05) is 11.6 Å². The van der Waals surface area contributed by atoms with Crippen LogP contribution in [0.3, 0.4) is 0 Å². The van der Waals surface area contributed by atoms with Crippen LogP contribution in [0.2, 0.25) is 0 Å². The number of rotatable bonds is 2. The van der Waals surface area contributed by atoms with Crippen molar-refractivity contribution in [1.29, 1.82) is 0 Å². The fourth-order valence-electron chi connectivity index (χ4n) is 0.829. The molecule has 0 amide bonds. The van der Waals surface area contributed by atoms with Crippen LogP contribution in [0.4, 0.5) is 0 Å². The van der Waals surface area contributed by atoms with Crippen molar-refractivity contribution in [2.45, 2.75) is 18.6 Å². The van der Waals surface area contributed by atoms with E-state index in [0.717, 1.165) is 0 Å². The first-order valence-electron chi connectivity index (χ1n) is 3.09. The molecule has 0 aliphatic carbocycles. The lowest BCUT2D eigenvalue weighted by Gasteiger charge is -2.16. The standard InChI is InChI=1S/C6H9ClO3/c1-5(8)4-6(7)9-2-3-10-6/h2-4H2,1H3. The number of hydrogen-bond donors (Lipinski definition) is 0. The Hall–Kier alpha value is -0.120. The fourth-order valence-corrected chi connectivity index (χ4v) is 1.17. The van der Waals surface area contributed by atoms with E-state index in [4.69, 9.17) is 21.1 Å². The van der Waals surface area contributed by atoms with Gasteiger partial charge in [0, 0.05) is 0 Å². The van der Waals surface area contributed by atoms with Crippen LogP contribution in [0.15, 0.2) is 0 Å². The van der Waals surface area contributed by atoms with Crippen molar-refractivity contribution in [1.82, 2.24) is 0 Å². The first-order valence-corrected chi connectivity index (χ1v) is 3.46. The topological polar surface area (TPSA) is 35.5 Å². The molecule has 0 aromatic heterocycles. The molecule has 1 aliphatic rings. The van der Waals surface area contributed by atoms with Gasteiger partial charge in [0.25, 0.3) is 5.25 Å². The molecule has 0 atom stereocenters. The molecule has 1 fully saturated rings. The maximum atomic E-state index is 10.6. The second-order valence-corrected chi connectivity index (χ2v) is 2.81. The summed E-state index contributed by atoms with van der Waals surface area (Å²) in [6, 6.07) is 0. The molecule has 1 heterocycles. The van der Waals surface area contributed by atoms with Crippen LogP contribution in [-0.2, 0) is 14.3 Å². The van der Waals surface area contributed by atoms with E-state index < -0.39 is 5.25 Å². The summed E-state index contributed by atoms with van der Waals surface area (Å²) in [6.45, 7) is 2.39. The van der Waals surface area contributed by atoms with Gasteiger partial charge in [-0.05, 0) is 6.92 Å². The van der Waals surface area contributed by atoms with Gasteiger partial charge in [-0.15, -0.1) is 0 Å². The zero-order valence-electron chi connectivity index (χ0n) is 5.72. The Morgan fingerprint density at radius 3 is 2.50 bits per heavy atom. The first kappa shape index (κ1) is 7.98. The van der Waals surface area contributed by atoms with Gasteiger partial charge in [0.2, 0.25) is 0 Å². The molecule has 0 aromatic rings. The van der Waals surface area contributed by atoms with Crippen LogP contribution in [0.1, 0.15) is 13.3 Å². The lowest BCUT2D eigenvalue weighted by molar-refractivity contribution is -0.132. The smallest absolute Gasteiger partial charge is 0.255 e. The van der Waals surface area contributed by atoms with Gasteiger partial charge in [0.1, 0.15) is 5.78 Å². The first-order chi connectivity index (χ1) is 4.62. The molecule has 0 saturated carbocycles. The molecule has 0 N–H and O–H groups in total. The van der Waals surface area contributed by atoms with Crippen molar-refractivity contribution < 1.29 is 14.3 Å². The third kappa shape index (κ3) is 1.94. The maximum Gasteiger partial charge on any atom is 0.255 e. The van der Waals surface area contributed by atoms with E-state index >= 15 is 0 Å². The van der Waals surface area contributed by atoms with Crippen LogP contribution in [0.5, 0.6) is 0 Å². The summed E-state index contributed by atoms with van der Waals surface area (Å²) in [4.78, 5) is 10.6. The number of alkyl halides is 1. The molecule has 0 aromatic carbocycles. The number of halogens is 1. The van der Waals surface area contributed by atoms with Gasteiger partial charge in [0.15, 0.2) is 0 Å². The molecular weight excluding hydrogens is 156 g/mol. The van der Waals surface area contributed by atoms with Gasteiger partial charge in [0.05, 0.1) is 19.6 Å². The Morgan fingerprint density at radius 2 is 2.10 bits per heavy atom. The summed E-state index contributed by atoms with van der Waals surface area (Å²) in [6.07, 6.45) is 0.120. The lowest BCUT2D eigenvalue weighted by atomic mass is 10.3. The minimum atomic E-state index is -1.16. The van der Waals surface area contributed by atoms with E-state index in [1.165, 1.54) is 6.92 Å². The quantitative estimate of drug-likeness (QED) is 0.569. The summed E-state index contributed by atoms with van der Waals surface area (Å²) in [7, 11) is 0. The van der Waals surface area contributed by atoms with E-state index in [1.807, 2.05) is 0 Å². The summed E-state index contributed by atoms with van der Waals surface area (Å²) in [5.41, 5.74) is 0. The summed E-state index contributed by atoms with van der Waals surface area (Å²) in [5, 5.41) is -1.16. The Balaban J connectivity index is 2.43. The maximum absolute atomic E-state index is 10.6. The van der Waals surface area contributed by atoms with Gasteiger partial charge in [-0.25, -0.2) is 0 Å². The molecule has 0 unspecified atom stereocenters. The monoisotopic (exact) mass is 164 g/mol. The Morgan fingerprint density at radius 1 is 1.60 bits per heavy atom. The highest BCUT2D eigenvalue weighted by molar-refractivity contribution is 6.23. The molecule has 58 valence electrons. The average molecular weight is 165 g/mol. The highest BCUT2D eigenvalue weighted by Gasteiger charge is 2.35. The van der Waals surface area contributed by atoms with E-state index in [9.17, 15) is 4.79 Å². The van der Waals surface area contributed by atoms with E-state index in [1.54, 1.807) is 0 Å². The lowest BCUT2D eigenvalue weighted by Crippen LogP contribution is -2.24. The summed E-state index contributed by atoms with van der Waals surface area (Å²) >= 11 is 5.70. The predicted octanol–water partition coefficient (Wildman–Crippen LogP) is 0.905. The Kier molecular flexibility index (Phi) is 2.28. The van der Waals surface area contributed by atoms with Crippen LogP contribution in [0, 0.1) is 0 Å². The molecule has 1 aliphatic heterocycles. The van der Waals surface area contributed by atoms with Crippen LogP contribution in [-0.4, -0.2) is 24.2 Å². The van der Waals surface area contributed by atoms with Gasteiger partial charge < -0.3 is 9.47 Å². The highest BCUT2D eigenvalue weighted by atomic mass is 35.5. The van der Waals surface area contributed by atoms with Crippen molar-refractivity contribution in [2.75, 3.05) is 13.2 Å². The zero-order valence-corrected chi connectivity index (χ0v) is 6.48. The number of hydrogen-bond acceptors (Lipinski definition) is 3. The zero-order chi connectivity index (χ0) is 7.61. The molecule has 1 rings (SSSR count). The molecular formula is C6H9ClO3. The largest absolute Gasteiger partial charge is 0.335 e. The van der Waals surface area contributed by atoms with Crippen molar-refractivity contribution in [2.24, 2.45) is 0 Å². The van der Waals surface area contributed by atoms with Crippen molar-refractivity contribution in [3.63, 3.8) is 0 Å². The predicted molar refractivity (Wildman–Crippen MR) is 35.8 cm³/mol. The van der Waals surface area contributed by atoms with E-state index in [2.05, 4.69) is 0 Å². The summed E-state index contributed by atoms with van der Waals surface area (Å²) in [5.74, 6) is -0.0306. The van der Waals surface area contributed by atoms with Crippen LogP contribution >= 0.6 is 11.6 Å². The number of ketones is 1. The minimum absolute atomic E-state index is 0.0306. The number of Topliss-reactive ketones (excluding diaryl/α,β-unsaturated/α-hetero) is 1. The molecule has 0 radical (unpaired) electrons. The molecule has 3 nitrogen and oxygen atoms in total. The second-order valence-electron chi connectivity index (χ2n) is 2.24. The van der Waals surface area contributed by atoms with Gasteiger partial charge in [-0.2, -0.15) is 0 Å². The molecule has 4 heteroatoms. The number of carbonyl (C=O) groups excluding carboxylic acids is 1. The van der Waals surface area contributed by atoms with Crippen LogP contribution < -0.4 is 0 Å². The second kappa shape index (κ2) is 2.86. The SMILES string of the molecule is CC(=O)CC1(Cl)OCCO1. The van der Waals surface area contributed by atoms with E-state index in [-0.39, 0.29) is 12.2 Å². The Bertz CT molecular complexity index is 140. The molecule has 0 bridgehead atoms. The summed E-state index contributed by atoms with van der Waals surface area (Å²) < 4.78 is 9.95. The third-order valence-electron chi connectivity index (χ3n) is 1.18.